The van der Waals surface area contributed by atoms with E-state index in [2.05, 4.69) is 4.94 Å². The van der Waals surface area contributed by atoms with Crippen LogP contribution in [-0.4, -0.2) is 44.7 Å². The topological polar surface area (TPSA) is 74.6 Å². The van der Waals surface area contributed by atoms with E-state index in [1.54, 1.807) is 0 Å². The number of carboxylic acid groups (broad SMARTS) is 2. The fourth-order valence-electron chi connectivity index (χ4n) is 0. The summed E-state index contributed by atoms with van der Waals surface area (Å²) in [5.41, 5.74) is 0. The Labute approximate surface area is 73.3 Å². The number of carboxylic acids is 2. The second-order valence-corrected chi connectivity index (χ2v) is 1.04. The molecule has 10 heavy (non-hydrogen) atoms. The summed E-state index contributed by atoms with van der Waals surface area (Å²) in [6, 6.07) is 0. The molecule has 5 heteroatoms. The third-order valence-electron chi connectivity index (χ3n) is 0. The summed E-state index contributed by atoms with van der Waals surface area (Å²) < 4.78 is 0. The number of hydrogen-bond acceptors (Lipinski definition) is 2. The number of aliphatic carboxylic acids is 2. The zero-order chi connectivity index (χ0) is 9.15. The van der Waals surface area contributed by atoms with Gasteiger partial charge in [0, 0.05) is 13.8 Å². The molecule has 0 unspecified atom stereocenters. The number of rotatable bonds is 0. The first kappa shape index (κ1) is 16.4. The van der Waals surface area contributed by atoms with Crippen LogP contribution in [0.5, 0.6) is 0 Å². The molecule has 0 spiro atoms. The van der Waals surface area contributed by atoms with Crippen molar-refractivity contribution in [2.24, 2.45) is 0 Å². The van der Waals surface area contributed by atoms with Gasteiger partial charge < -0.3 is 10.2 Å². The zero-order valence-corrected chi connectivity index (χ0v) is 9.58. The van der Waals surface area contributed by atoms with Gasteiger partial charge in [0.25, 0.3) is 11.9 Å². The summed E-state index contributed by atoms with van der Waals surface area (Å²) in [4.78, 5) is 20.1. The fourth-order valence-corrected chi connectivity index (χ4v) is 0. The Bertz CT molecular complexity index is 71.6. The average molecular weight is 255 g/mol. The van der Waals surface area contributed by atoms with Crippen LogP contribution in [0, 0.1) is 0 Å². The van der Waals surface area contributed by atoms with Crippen molar-refractivity contribution in [1.82, 2.24) is 0 Å². The van der Waals surface area contributed by atoms with Crippen LogP contribution in [0.1, 0.15) is 13.8 Å². The van der Waals surface area contributed by atoms with Crippen molar-refractivity contribution < 1.29 is 19.8 Å². The van der Waals surface area contributed by atoms with E-state index in [1.807, 2.05) is 0 Å². The van der Waals surface area contributed by atoms with Crippen LogP contribution in [-0.2, 0) is 9.59 Å². The van der Waals surface area contributed by atoms with Gasteiger partial charge in [0.1, 0.15) is 0 Å². The normalized spacial score (nSPS) is 5.60. The van der Waals surface area contributed by atoms with Crippen LogP contribution in [0.2, 0.25) is 4.94 Å². The maximum atomic E-state index is 9.00. The summed E-state index contributed by atoms with van der Waals surface area (Å²) in [5, 5.41) is 14.8. The Balaban J connectivity index is -0.0000000787. The summed E-state index contributed by atoms with van der Waals surface area (Å²) in [6.07, 6.45) is 0. The second kappa shape index (κ2) is 15.9. The summed E-state index contributed by atoms with van der Waals surface area (Å²) in [5.74, 6) is -1.67. The minimum absolute atomic E-state index is 0.833. The molecule has 0 atom stereocenters. The van der Waals surface area contributed by atoms with Gasteiger partial charge >= 0.3 is 27.5 Å². The first-order valence-electron chi connectivity index (χ1n) is 2.43. The molecule has 0 aromatic rings. The van der Waals surface area contributed by atoms with Gasteiger partial charge in [0.05, 0.1) is 0 Å². The molecule has 0 aliphatic carbocycles. The predicted molar refractivity (Wildman–Crippen MR) is 39.6 cm³/mol. The molecule has 60 valence electrons. The van der Waals surface area contributed by atoms with Gasteiger partial charge in [-0.05, 0) is 0 Å². The number of hydrogen-bond donors (Lipinski definition) is 2. The molecule has 0 bridgehead atoms. The standard InChI is InChI=1S/2C2H4O2.CH3.Sn.H/c2*1-2(3)4;;;/h2*1H3,(H,3,4);1H3;;. The van der Waals surface area contributed by atoms with E-state index in [1.165, 1.54) is 22.5 Å². The molecule has 0 saturated carbocycles. The average Bonchev–Trinajstić information content (AvgIpc) is 1.66. The first-order valence-corrected chi connectivity index (χ1v) is 5.73. The molecule has 0 rings (SSSR count). The van der Waals surface area contributed by atoms with Crippen LogP contribution in [0.15, 0.2) is 0 Å². The van der Waals surface area contributed by atoms with Crippen LogP contribution in [0.4, 0.5) is 0 Å². The van der Waals surface area contributed by atoms with E-state index in [4.69, 9.17) is 19.8 Å². The summed E-state index contributed by atoms with van der Waals surface area (Å²) in [6.45, 7) is 2.17. The molecule has 0 heterocycles. The van der Waals surface area contributed by atoms with Crippen molar-refractivity contribution in [2.75, 3.05) is 0 Å². The minimum atomic E-state index is -0.833. The van der Waals surface area contributed by atoms with Crippen molar-refractivity contribution in [3.05, 3.63) is 0 Å². The third kappa shape index (κ3) is 5150. The van der Waals surface area contributed by atoms with E-state index >= 15 is 0 Å². The zero-order valence-electron chi connectivity index (χ0n) is 6.29. The third-order valence-corrected chi connectivity index (χ3v) is 0. The monoisotopic (exact) mass is 256 g/mol. The van der Waals surface area contributed by atoms with Crippen molar-refractivity contribution in [3.63, 3.8) is 0 Å². The van der Waals surface area contributed by atoms with E-state index in [0.29, 0.717) is 0 Å². The quantitative estimate of drug-likeness (QED) is 0.602. The van der Waals surface area contributed by atoms with Crippen molar-refractivity contribution in [3.8, 4) is 0 Å². The molecule has 2 radical (unpaired) electrons. The van der Waals surface area contributed by atoms with Crippen LogP contribution in [0.3, 0.4) is 0 Å². The Morgan fingerprint density at radius 2 is 1.00 bits per heavy atom. The van der Waals surface area contributed by atoms with Crippen molar-refractivity contribution in [1.29, 1.82) is 0 Å². The van der Waals surface area contributed by atoms with Crippen LogP contribution in [0.25, 0.3) is 0 Å². The van der Waals surface area contributed by atoms with E-state index < -0.39 is 11.9 Å². The summed E-state index contributed by atoms with van der Waals surface area (Å²) in [7, 11) is 0. The van der Waals surface area contributed by atoms with Crippen LogP contribution >= 0.6 is 0 Å². The van der Waals surface area contributed by atoms with Gasteiger partial charge in [-0.2, -0.15) is 0 Å². The van der Waals surface area contributed by atoms with Gasteiger partial charge in [0.2, 0.25) is 0 Å². The molecule has 0 saturated heterocycles. The molecule has 0 aromatic heterocycles. The van der Waals surface area contributed by atoms with Gasteiger partial charge in [-0.25, -0.2) is 0 Å². The molecule has 0 amide bonds. The van der Waals surface area contributed by atoms with Crippen LogP contribution < -0.4 is 0 Å². The van der Waals surface area contributed by atoms with Gasteiger partial charge in [0.15, 0.2) is 0 Å². The Morgan fingerprint density at radius 3 is 1.00 bits per heavy atom. The Morgan fingerprint density at radius 1 is 1.00 bits per heavy atom. The molecule has 2 N–H and O–H groups in total. The van der Waals surface area contributed by atoms with E-state index in [9.17, 15) is 0 Å². The van der Waals surface area contributed by atoms with E-state index in [-0.39, 0.29) is 0 Å². The Hall–Kier alpha value is -0.261. The van der Waals surface area contributed by atoms with Gasteiger partial charge in [-0.15, -0.1) is 0 Å². The van der Waals surface area contributed by atoms with E-state index in [0.717, 1.165) is 13.8 Å². The maximum absolute atomic E-state index is 9.00. The molecule has 4 nitrogen and oxygen atoms in total. The first-order chi connectivity index (χ1) is 4.46. The fraction of sp³-hybridized carbons (Fsp3) is 0.600. The van der Waals surface area contributed by atoms with Crippen molar-refractivity contribution >= 4 is 34.5 Å². The van der Waals surface area contributed by atoms with Gasteiger partial charge in [-0.1, -0.05) is 0 Å². The molecule has 0 aliphatic heterocycles. The molecular weight excluding hydrogens is 243 g/mol. The second-order valence-electron chi connectivity index (χ2n) is 1.04. The van der Waals surface area contributed by atoms with Crippen molar-refractivity contribution in [2.45, 2.75) is 18.8 Å². The van der Waals surface area contributed by atoms with Gasteiger partial charge in [-0.3, -0.25) is 9.59 Å². The molecular formula is C5H12O4Sn. The number of carbonyl (C=O) groups is 2. The summed E-state index contributed by atoms with van der Waals surface area (Å²) >= 11 is 1.35. The molecule has 0 aliphatic rings. The predicted octanol–water partition coefficient (Wildman–Crippen LogP) is 0.117. The Kier molecular flexibility index (Phi) is 26.0. The SMILES string of the molecule is CC(=O)O.CC(=O)O.[CH3][SnH]. The molecule has 0 fully saturated rings. The molecule has 0 aromatic carbocycles.